The van der Waals surface area contributed by atoms with E-state index in [9.17, 15) is 4.39 Å². The molecule has 4 saturated carbocycles. The maximum absolute atomic E-state index is 13.1. The maximum atomic E-state index is 13.1. The maximum Gasteiger partial charge on any atom is 0.175 e. The number of halogens is 2. The fourth-order valence-electron chi connectivity index (χ4n) is 6.95. The number of hydrogen-bond donors (Lipinski definition) is 1. The molecule has 0 heterocycles. The highest BCUT2D eigenvalue weighted by Crippen LogP contribution is 2.61. The predicted molar refractivity (Wildman–Crippen MR) is 128 cm³/mol. The molecule has 6 rings (SSSR count). The van der Waals surface area contributed by atoms with Gasteiger partial charge in [0.2, 0.25) is 0 Å². The van der Waals surface area contributed by atoms with E-state index in [-0.39, 0.29) is 5.82 Å². The molecule has 0 radical (unpaired) electrons. The van der Waals surface area contributed by atoms with Crippen LogP contribution in [0, 0.1) is 29.0 Å². The summed E-state index contributed by atoms with van der Waals surface area (Å²) in [5, 5.41) is 3.86. The Morgan fingerprint density at radius 2 is 1.66 bits per heavy atom. The molecule has 4 fully saturated rings. The Balaban J connectivity index is 1.24. The Labute approximate surface area is 199 Å². The van der Waals surface area contributed by atoms with Gasteiger partial charge in [-0.05, 0) is 120 Å². The molecule has 2 aromatic rings. The van der Waals surface area contributed by atoms with Gasteiger partial charge < -0.3 is 14.8 Å². The van der Waals surface area contributed by atoms with Crippen molar-refractivity contribution in [3.63, 3.8) is 0 Å². The lowest BCUT2D eigenvalue weighted by atomic mass is 9.48. The van der Waals surface area contributed by atoms with Crippen LogP contribution in [-0.2, 0) is 13.2 Å². The zero-order chi connectivity index (χ0) is 22.3. The summed E-state index contributed by atoms with van der Waals surface area (Å²) in [5.41, 5.74) is 2.59. The fraction of sp³-hybridized carbons (Fsp3) is 0.556. The van der Waals surface area contributed by atoms with Crippen LogP contribution in [0.2, 0.25) is 0 Å². The van der Waals surface area contributed by atoms with Gasteiger partial charge in [0.05, 0.1) is 11.6 Å². The number of rotatable bonds is 8. The van der Waals surface area contributed by atoms with Gasteiger partial charge >= 0.3 is 0 Å². The van der Waals surface area contributed by atoms with Gasteiger partial charge in [0.1, 0.15) is 12.4 Å². The first-order valence-corrected chi connectivity index (χ1v) is 12.7. The molecule has 4 aliphatic carbocycles. The van der Waals surface area contributed by atoms with Crippen LogP contribution in [-0.4, -0.2) is 13.2 Å². The third kappa shape index (κ3) is 4.43. The molecular formula is C27H33BrFNO2. The second-order valence-electron chi connectivity index (χ2n) is 10.4. The van der Waals surface area contributed by atoms with Crippen molar-refractivity contribution < 1.29 is 13.9 Å². The van der Waals surface area contributed by atoms with Crippen LogP contribution in [0.5, 0.6) is 11.5 Å². The molecule has 0 aliphatic heterocycles. The predicted octanol–water partition coefficient (Wildman–Crippen LogP) is 6.87. The SMILES string of the molecule is COc1cc(CNC(C)C23CC4CC(CC(C4)C2)C3)cc(Br)c1OCc1ccc(F)cc1. The first kappa shape index (κ1) is 22.2. The zero-order valence-electron chi connectivity index (χ0n) is 19.0. The zero-order valence-corrected chi connectivity index (χ0v) is 20.6. The average Bonchev–Trinajstić information content (AvgIpc) is 2.76. The molecular weight excluding hydrogens is 469 g/mol. The van der Waals surface area contributed by atoms with Crippen molar-refractivity contribution >= 4 is 15.9 Å². The smallest absolute Gasteiger partial charge is 0.175 e. The van der Waals surface area contributed by atoms with Crippen molar-refractivity contribution in [2.75, 3.05) is 7.11 Å². The van der Waals surface area contributed by atoms with Crippen LogP contribution in [0.4, 0.5) is 4.39 Å². The minimum Gasteiger partial charge on any atom is -0.493 e. The van der Waals surface area contributed by atoms with Crippen molar-refractivity contribution in [3.05, 3.63) is 57.8 Å². The average molecular weight is 502 g/mol. The summed E-state index contributed by atoms with van der Waals surface area (Å²) in [5.74, 6) is 4.05. The van der Waals surface area contributed by atoms with Crippen LogP contribution in [0.15, 0.2) is 40.9 Å². The van der Waals surface area contributed by atoms with Crippen molar-refractivity contribution in [3.8, 4) is 11.5 Å². The highest BCUT2D eigenvalue weighted by Gasteiger charge is 2.52. The van der Waals surface area contributed by atoms with Crippen LogP contribution < -0.4 is 14.8 Å². The van der Waals surface area contributed by atoms with E-state index in [1.807, 2.05) is 0 Å². The number of benzene rings is 2. The number of ether oxygens (including phenoxy) is 2. The second-order valence-corrected chi connectivity index (χ2v) is 11.3. The second kappa shape index (κ2) is 8.98. The van der Waals surface area contributed by atoms with E-state index in [0.29, 0.717) is 29.6 Å². The van der Waals surface area contributed by atoms with Gasteiger partial charge in [0.25, 0.3) is 0 Å². The lowest BCUT2D eigenvalue weighted by molar-refractivity contribution is -0.0706. The molecule has 5 heteroatoms. The molecule has 4 aliphatic rings. The minimum atomic E-state index is -0.243. The molecule has 3 nitrogen and oxygen atoms in total. The van der Waals surface area contributed by atoms with Gasteiger partial charge in [-0.3, -0.25) is 0 Å². The first-order chi connectivity index (χ1) is 15.4. The largest absolute Gasteiger partial charge is 0.493 e. The van der Waals surface area contributed by atoms with E-state index in [1.165, 1.54) is 56.2 Å². The molecule has 32 heavy (non-hydrogen) atoms. The Kier molecular flexibility index (Phi) is 6.23. The number of hydrogen-bond acceptors (Lipinski definition) is 3. The van der Waals surface area contributed by atoms with E-state index in [1.54, 1.807) is 19.2 Å². The molecule has 0 amide bonds. The van der Waals surface area contributed by atoms with Crippen LogP contribution in [0.25, 0.3) is 0 Å². The normalized spacial score (nSPS) is 29.2. The monoisotopic (exact) mass is 501 g/mol. The van der Waals surface area contributed by atoms with E-state index in [4.69, 9.17) is 9.47 Å². The standard InChI is InChI=1S/C27H33BrFNO2/c1-17(27-12-19-7-20(13-27)9-21(8-19)14-27)30-15-22-10-24(28)26(25(11-22)31-2)32-16-18-3-5-23(29)6-4-18/h3-6,10-11,17,19-21,30H,7-9,12-16H2,1-2H3. The van der Waals surface area contributed by atoms with Crippen molar-refractivity contribution in [1.29, 1.82) is 0 Å². The van der Waals surface area contributed by atoms with Gasteiger partial charge in [-0.15, -0.1) is 0 Å². The summed E-state index contributed by atoms with van der Waals surface area (Å²) in [6, 6.07) is 11.1. The lowest BCUT2D eigenvalue weighted by Crippen LogP contribution is -2.54. The molecule has 2 aromatic carbocycles. The van der Waals surface area contributed by atoms with Gasteiger partial charge in [0.15, 0.2) is 11.5 Å². The fourth-order valence-corrected chi connectivity index (χ4v) is 7.55. The first-order valence-electron chi connectivity index (χ1n) is 11.9. The number of methoxy groups -OCH3 is 1. The van der Waals surface area contributed by atoms with E-state index in [2.05, 4.69) is 40.3 Å². The summed E-state index contributed by atoms with van der Waals surface area (Å²) in [6.07, 6.45) is 8.68. The summed E-state index contributed by atoms with van der Waals surface area (Å²) in [6.45, 7) is 3.58. The van der Waals surface area contributed by atoms with E-state index in [0.717, 1.165) is 34.3 Å². The minimum absolute atomic E-state index is 0.243. The van der Waals surface area contributed by atoms with Gasteiger partial charge in [-0.25, -0.2) is 4.39 Å². The number of nitrogens with one attached hydrogen (secondary N) is 1. The topological polar surface area (TPSA) is 30.5 Å². The Bertz CT molecular complexity index is 926. The highest BCUT2D eigenvalue weighted by atomic mass is 79.9. The van der Waals surface area contributed by atoms with E-state index < -0.39 is 0 Å². The molecule has 1 unspecified atom stereocenters. The summed E-state index contributed by atoms with van der Waals surface area (Å²) < 4.78 is 25.7. The Hall–Kier alpha value is -1.59. The van der Waals surface area contributed by atoms with Gasteiger partial charge in [-0.2, -0.15) is 0 Å². The van der Waals surface area contributed by atoms with Crippen LogP contribution in [0.1, 0.15) is 56.6 Å². The molecule has 1 N–H and O–H groups in total. The van der Waals surface area contributed by atoms with Crippen molar-refractivity contribution in [2.45, 2.75) is 64.6 Å². The molecule has 4 bridgehead atoms. The summed E-state index contributed by atoms with van der Waals surface area (Å²) in [7, 11) is 1.67. The van der Waals surface area contributed by atoms with E-state index >= 15 is 0 Å². The quantitative estimate of drug-likeness (QED) is 0.427. The lowest BCUT2D eigenvalue weighted by Gasteiger charge is -2.59. The van der Waals surface area contributed by atoms with Crippen LogP contribution in [0.3, 0.4) is 0 Å². The summed E-state index contributed by atoms with van der Waals surface area (Å²) >= 11 is 3.67. The third-order valence-corrected chi connectivity index (χ3v) is 8.79. The van der Waals surface area contributed by atoms with Gasteiger partial charge in [0, 0.05) is 12.6 Å². The Morgan fingerprint density at radius 1 is 1.03 bits per heavy atom. The van der Waals surface area contributed by atoms with Gasteiger partial charge in [-0.1, -0.05) is 12.1 Å². The van der Waals surface area contributed by atoms with Crippen molar-refractivity contribution in [2.24, 2.45) is 23.2 Å². The van der Waals surface area contributed by atoms with Crippen LogP contribution >= 0.6 is 15.9 Å². The van der Waals surface area contributed by atoms with Crippen molar-refractivity contribution in [1.82, 2.24) is 5.32 Å². The molecule has 0 saturated heterocycles. The Morgan fingerprint density at radius 3 is 2.25 bits per heavy atom. The summed E-state index contributed by atoms with van der Waals surface area (Å²) in [4.78, 5) is 0. The molecule has 0 aromatic heterocycles. The molecule has 1 atom stereocenters. The molecule has 172 valence electrons. The molecule has 0 spiro atoms. The third-order valence-electron chi connectivity index (χ3n) is 8.20. The highest BCUT2D eigenvalue weighted by molar-refractivity contribution is 9.10.